The van der Waals surface area contributed by atoms with Gasteiger partial charge in [0.05, 0.1) is 7.05 Å². The van der Waals surface area contributed by atoms with E-state index >= 15 is 0 Å². The van der Waals surface area contributed by atoms with Gasteiger partial charge in [-0.3, -0.25) is 9.13 Å². The summed E-state index contributed by atoms with van der Waals surface area (Å²) in [5.41, 5.74) is 0.238. The van der Waals surface area contributed by atoms with E-state index in [0.717, 1.165) is 0 Å². The molecule has 1 aromatic rings. The Morgan fingerprint density at radius 2 is 1.75 bits per heavy atom. The zero-order chi connectivity index (χ0) is 14.8. The van der Waals surface area contributed by atoms with Crippen LogP contribution in [-0.2, 0) is 16.2 Å². The lowest BCUT2D eigenvalue weighted by Crippen LogP contribution is -3.00. The third-order valence-electron chi connectivity index (χ3n) is 2.53. The van der Waals surface area contributed by atoms with Gasteiger partial charge in [0.1, 0.15) is 18.0 Å². The highest BCUT2D eigenvalue weighted by atomic mass is 35.5. The molecule has 0 saturated heterocycles. The molecule has 0 saturated carbocycles. The summed E-state index contributed by atoms with van der Waals surface area (Å²) in [5.74, 6) is 0. The summed E-state index contributed by atoms with van der Waals surface area (Å²) in [5, 5.41) is 7.63. The van der Waals surface area contributed by atoms with Crippen LogP contribution in [0.2, 0.25) is 0 Å². The summed E-state index contributed by atoms with van der Waals surface area (Å²) in [4.78, 5) is 39.6. The fraction of sp³-hybridized carbons (Fsp3) is 0.500. The number of halogens is 1. The lowest BCUT2D eigenvalue weighted by molar-refractivity contribution is -0.686. The van der Waals surface area contributed by atoms with E-state index in [-0.39, 0.29) is 18.1 Å². The van der Waals surface area contributed by atoms with Gasteiger partial charge in [0.2, 0.25) is 0 Å². The van der Waals surface area contributed by atoms with Crippen LogP contribution in [0.15, 0.2) is 18.6 Å². The zero-order valence-corrected chi connectivity index (χ0v) is 12.9. The molecule has 0 aliphatic heterocycles. The van der Waals surface area contributed by atoms with Crippen molar-refractivity contribution in [3.63, 3.8) is 0 Å². The van der Waals surface area contributed by atoms with E-state index in [0.29, 0.717) is 0 Å². The highest BCUT2D eigenvalue weighted by Gasteiger charge is 2.45. The van der Waals surface area contributed by atoms with E-state index < -0.39 is 33.1 Å². The van der Waals surface area contributed by atoms with Crippen molar-refractivity contribution >= 4 is 15.2 Å². The summed E-state index contributed by atoms with van der Waals surface area (Å²) >= 11 is 0. The molecule has 9 nitrogen and oxygen atoms in total. The second-order valence-electron chi connectivity index (χ2n) is 4.03. The van der Waals surface area contributed by atoms with Crippen LogP contribution in [0.5, 0.6) is 0 Å². The van der Waals surface area contributed by atoms with Gasteiger partial charge in [0.15, 0.2) is 5.40 Å². The lowest BCUT2D eigenvalue weighted by Gasteiger charge is -2.21. The Bertz CT molecular complexity index is 523. The van der Waals surface area contributed by atoms with E-state index in [1.54, 1.807) is 0 Å². The largest absolute Gasteiger partial charge is 1.00 e. The number of aromatic nitrogens is 2. The minimum atomic E-state index is -5.03. The van der Waals surface area contributed by atoms with Gasteiger partial charge in [-0.2, -0.15) is 0 Å². The second-order valence-corrected chi connectivity index (χ2v) is 8.04. The first kappa shape index (κ1) is 19.6. The van der Waals surface area contributed by atoms with Gasteiger partial charge in [-0.05, 0) is 0 Å². The maximum Gasteiger partial charge on any atom is 0.340 e. The highest BCUT2D eigenvalue weighted by Crippen LogP contribution is 2.62. The van der Waals surface area contributed by atoms with Crippen LogP contribution in [-0.4, -0.2) is 35.1 Å². The lowest BCUT2D eigenvalue weighted by atomic mass is 10.2. The van der Waals surface area contributed by atoms with Gasteiger partial charge in [-0.1, -0.05) is 4.98 Å². The minimum absolute atomic E-state index is 0. The van der Waals surface area contributed by atoms with Crippen molar-refractivity contribution in [3.8, 4) is 0 Å². The van der Waals surface area contributed by atoms with Crippen molar-refractivity contribution in [3.05, 3.63) is 24.3 Å². The number of rotatable bonds is 5. The topological polar surface area (TPSA) is 152 Å². The summed E-state index contributed by atoms with van der Waals surface area (Å²) in [6.07, 6.45) is 0.510. The fourth-order valence-electron chi connectivity index (χ4n) is 1.58. The van der Waals surface area contributed by atoms with Crippen LogP contribution in [0.25, 0.3) is 0 Å². The summed E-state index contributed by atoms with van der Waals surface area (Å²) in [7, 11) is -8.53. The maximum atomic E-state index is 11.1. The van der Waals surface area contributed by atoms with Gasteiger partial charge < -0.3 is 37.1 Å². The van der Waals surface area contributed by atoms with Crippen molar-refractivity contribution in [1.29, 1.82) is 0 Å². The van der Waals surface area contributed by atoms with E-state index in [2.05, 4.69) is 4.98 Å². The average molecular weight is 349 g/mol. The summed E-state index contributed by atoms with van der Waals surface area (Å²) < 4.78 is 23.6. The van der Waals surface area contributed by atoms with E-state index in [9.17, 15) is 14.2 Å². The monoisotopic (exact) mass is 348 g/mol. The standard InChI is InChI=1S/C8H14N2O7P2.ClH/c1-10-5-9-3-2-6(10)7(11)4-8(18(12,13)14)19(15,16)17;/h2-3,5,7-8,11H,4H2,1H3,(H3-,12,13,14,15,16,17);1H. The maximum absolute atomic E-state index is 11.1. The normalized spacial score (nSPS) is 13.9. The van der Waals surface area contributed by atoms with E-state index in [4.69, 9.17) is 19.6 Å². The predicted molar refractivity (Wildman–Crippen MR) is 62.9 cm³/mol. The molecule has 1 rings (SSSR count). The average Bonchev–Trinajstić information content (AvgIpc) is 2.23. The van der Waals surface area contributed by atoms with E-state index in [1.807, 2.05) is 0 Å². The molecule has 1 heterocycles. The molecule has 116 valence electrons. The summed E-state index contributed by atoms with van der Waals surface area (Å²) in [6, 6.07) is 1.39. The minimum Gasteiger partial charge on any atom is -1.00 e. The quantitative estimate of drug-likeness (QED) is 0.267. The number of nitrogens with zero attached hydrogens (tertiary/aromatic N) is 2. The molecule has 0 aromatic carbocycles. The van der Waals surface area contributed by atoms with E-state index in [1.165, 1.54) is 30.2 Å². The van der Waals surface area contributed by atoms with Crippen LogP contribution in [0, 0.1) is 0 Å². The molecule has 0 fully saturated rings. The number of aryl methyl sites for hydroxylation is 1. The van der Waals surface area contributed by atoms with Crippen molar-refractivity contribution < 1.29 is 50.8 Å². The zero-order valence-electron chi connectivity index (χ0n) is 10.3. The van der Waals surface area contributed by atoms with Crippen molar-refractivity contribution in [2.24, 2.45) is 7.05 Å². The van der Waals surface area contributed by atoms with Gasteiger partial charge in [0.25, 0.3) is 6.33 Å². The first-order valence-electron chi connectivity index (χ1n) is 5.11. The van der Waals surface area contributed by atoms with Crippen LogP contribution in [0.4, 0.5) is 0 Å². The molecule has 0 aliphatic rings. The van der Waals surface area contributed by atoms with Crippen LogP contribution >= 0.6 is 15.2 Å². The first-order chi connectivity index (χ1) is 8.53. The van der Waals surface area contributed by atoms with Crippen LogP contribution in [0.3, 0.4) is 0 Å². The predicted octanol–water partition coefficient (Wildman–Crippen LogP) is -3.98. The molecule has 0 bridgehead atoms. The van der Waals surface area contributed by atoms with Crippen molar-refractivity contribution in [1.82, 2.24) is 4.98 Å². The molecule has 1 unspecified atom stereocenters. The molecule has 12 heteroatoms. The SMILES string of the molecule is C[n+]1cnccc1C(O)CC(P(=O)(O)O)P(=O)(O)O.[Cl-]. The molecular weight excluding hydrogens is 333 g/mol. The molecule has 0 amide bonds. The Balaban J connectivity index is 0.00000361. The van der Waals surface area contributed by atoms with Crippen LogP contribution < -0.4 is 17.0 Å². The third-order valence-corrected chi connectivity index (χ3v) is 6.31. The Morgan fingerprint density at radius 1 is 1.25 bits per heavy atom. The summed E-state index contributed by atoms with van der Waals surface area (Å²) in [6.45, 7) is 0. The number of aliphatic hydroxyl groups is 1. The van der Waals surface area contributed by atoms with Gasteiger partial charge in [0, 0.05) is 12.5 Å². The fourth-order valence-corrected chi connectivity index (χ4v) is 4.10. The van der Waals surface area contributed by atoms with Gasteiger partial charge >= 0.3 is 15.2 Å². The van der Waals surface area contributed by atoms with Gasteiger partial charge in [-0.15, -0.1) is 0 Å². The molecule has 1 aromatic heterocycles. The molecular formula is C8H15ClN2O7P2. The van der Waals surface area contributed by atoms with Crippen LogP contribution in [0.1, 0.15) is 18.2 Å². The molecule has 5 N–H and O–H groups in total. The number of hydrogen-bond donors (Lipinski definition) is 5. The number of aliphatic hydroxyl groups excluding tert-OH is 1. The smallest absolute Gasteiger partial charge is 0.340 e. The molecule has 0 radical (unpaired) electrons. The van der Waals surface area contributed by atoms with Crippen molar-refractivity contribution in [2.75, 3.05) is 0 Å². The Hall–Kier alpha value is -0.370. The molecule has 0 aliphatic carbocycles. The molecule has 20 heavy (non-hydrogen) atoms. The highest BCUT2D eigenvalue weighted by molar-refractivity contribution is 7.70. The Labute approximate surface area is 121 Å². The molecule has 0 spiro atoms. The first-order valence-corrected chi connectivity index (χ1v) is 8.48. The third kappa shape index (κ3) is 5.20. The van der Waals surface area contributed by atoms with Gasteiger partial charge in [-0.25, -0.2) is 4.57 Å². The Morgan fingerprint density at radius 3 is 2.15 bits per heavy atom. The Kier molecular flexibility index (Phi) is 6.93. The second kappa shape index (κ2) is 7.06. The van der Waals surface area contributed by atoms with Crippen molar-refractivity contribution in [2.45, 2.75) is 17.9 Å². The molecule has 1 atom stereocenters. The number of hydrogen-bond acceptors (Lipinski definition) is 4.